The van der Waals surface area contributed by atoms with Crippen LogP contribution >= 0.6 is 0 Å². The van der Waals surface area contributed by atoms with E-state index in [4.69, 9.17) is 9.73 Å². The van der Waals surface area contributed by atoms with E-state index in [1.54, 1.807) is 19.1 Å². The molecule has 2 aliphatic rings. The number of hydrogen-bond acceptors (Lipinski definition) is 6. The van der Waals surface area contributed by atoms with E-state index in [0.29, 0.717) is 16.2 Å². The number of carbonyl (C=O) groups is 1. The van der Waals surface area contributed by atoms with Gasteiger partial charge in [-0.3, -0.25) is 19.1 Å². The third-order valence-corrected chi connectivity index (χ3v) is 6.08. The Labute approximate surface area is 167 Å². The summed E-state index contributed by atoms with van der Waals surface area (Å²) in [6, 6.07) is 7.87. The van der Waals surface area contributed by atoms with Gasteiger partial charge in [0.2, 0.25) is 5.88 Å². The molecule has 7 heteroatoms. The zero-order valence-electron chi connectivity index (χ0n) is 16.3. The topological polar surface area (TPSA) is 92.9 Å². The lowest BCUT2D eigenvalue weighted by Gasteiger charge is -2.29. The minimum atomic E-state index is -0.556. The van der Waals surface area contributed by atoms with Gasteiger partial charge in [0.05, 0.1) is 18.0 Å². The van der Waals surface area contributed by atoms with Gasteiger partial charge < -0.3 is 15.2 Å². The molecular formula is C22H23N3O4. The predicted molar refractivity (Wildman–Crippen MR) is 110 cm³/mol. The molecule has 1 aliphatic carbocycles. The van der Waals surface area contributed by atoms with Crippen LogP contribution in [0.15, 0.2) is 34.1 Å². The van der Waals surface area contributed by atoms with E-state index in [9.17, 15) is 14.7 Å². The maximum atomic E-state index is 13.1. The van der Waals surface area contributed by atoms with Crippen molar-refractivity contribution in [2.45, 2.75) is 51.2 Å². The Bertz CT molecular complexity index is 1250. The average molecular weight is 393 g/mol. The zero-order valence-corrected chi connectivity index (χ0v) is 16.3. The number of benzene rings is 2. The number of esters is 1. The highest BCUT2D eigenvalue weighted by Gasteiger charge is 2.28. The average Bonchev–Trinajstić information content (AvgIpc) is 2.88. The molecule has 3 aromatic rings. The fourth-order valence-electron chi connectivity index (χ4n) is 4.75. The molecule has 5 rings (SSSR count). The molecule has 2 N–H and O–H groups in total. The molecule has 150 valence electrons. The fraction of sp³-hybridized carbons (Fsp3) is 0.409. The lowest BCUT2D eigenvalue weighted by atomic mass is 9.91. The number of nitrogens with one attached hydrogen (secondary N) is 1. The molecule has 1 aromatic heterocycles. The summed E-state index contributed by atoms with van der Waals surface area (Å²) in [5, 5.41) is 17.9. The van der Waals surface area contributed by atoms with Gasteiger partial charge in [0.1, 0.15) is 6.54 Å². The van der Waals surface area contributed by atoms with Crippen molar-refractivity contribution in [1.82, 2.24) is 4.57 Å². The summed E-state index contributed by atoms with van der Waals surface area (Å²) in [5.41, 5.74) is 0.534. The first-order chi connectivity index (χ1) is 14.1. The lowest BCUT2D eigenvalue weighted by Crippen LogP contribution is -2.35. The second kappa shape index (κ2) is 6.76. The van der Waals surface area contributed by atoms with Crippen LogP contribution in [0.3, 0.4) is 0 Å². The Morgan fingerprint density at radius 3 is 2.83 bits per heavy atom. The van der Waals surface area contributed by atoms with Crippen LogP contribution in [0, 0.1) is 0 Å². The fourth-order valence-corrected chi connectivity index (χ4v) is 4.75. The number of anilines is 1. The van der Waals surface area contributed by atoms with Gasteiger partial charge in [0, 0.05) is 33.3 Å². The molecule has 1 fully saturated rings. The number of aromatic hydroxyl groups is 1. The van der Waals surface area contributed by atoms with Crippen molar-refractivity contribution >= 4 is 33.2 Å². The summed E-state index contributed by atoms with van der Waals surface area (Å²) in [4.78, 5) is 30.1. The molecule has 2 aromatic carbocycles. The van der Waals surface area contributed by atoms with Crippen molar-refractivity contribution < 1.29 is 14.6 Å². The monoisotopic (exact) mass is 393 g/mol. The summed E-state index contributed by atoms with van der Waals surface area (Å²) < 4.78 is 6.04. The molecule has 2 unspecified atom stereocenters. The summed E-state index contributed by atoms with van der Waals surface area (Å²) in [6.45, 7) is 1.60. The summed E-state index contributed by atoms with van der Waals surface area (Å²) in [6.07, 6.45) is 4.47. The second-order valence-electron chi connectivity index (χ2n) is 7.79. The molecule has 29 heavy (non-hydrogen) atoms. The molecule has 1 saturated carbocycles. The van der Waals surface area contributed by atoms with Gasteiger partial charge in [-0.25, -0.2) is 0 Å². The van der Waals surface area contributed by atoms with Crippen LogP contribution in [0.4, 0.5) is 5.69 Å². The van der Waals surface area contributed by atoms with Gasteiger partial charge in [-0.05, 0) is 44.0 Å². The Balaban J connectivity index is 1.79. The molecule has 1 aliphatic heterocycles. The van der Waals surface area contributed by atoms with Gasteiger partial charge in [-0.1, -0.05) is 12.8 Å². The number of hydrogen-bond donors (Lipinski definition) is 2. The van der Waals surface area contributed by atoms with E-state index in [1.807, 2.05) is 12.1 Å². The maximum absolute atomic E-state index is 13.1. The van der Waals surface area contributed by atoms with E-state index in [1.165, 1.54) is 12.8 Å². The molecule has 0 saturated heterocycles. The highest BCUT2D eigenvalue weighted by molar-refractivity contribution is 6.15. The third-order valence-electron chi connectivity index (χ3n) is 6.08. The second-order valence-corrected chi connectivity index (χ2v) is 7.79. The van der Waals surface area contributed by atoms with Crippen LogP contribution in [0.2, 0.25) is 0 Å². The minimum Gasteiger partial charge on any atom is -0.494 e. The van der Waals surface area contributed by atoms with Gasteiger partial charge in [0.25, 0.3) is 5.56 Å². The molecule has 0 amide bonds. The number of carbonyl (C=O) groups excluding carboxylic acids is 1. The highest BCUT2D eigenvalue weighted by atomic mass is 16.5. The first-order valence-corrected chi connectivity index (χ1v) is 10.2. The molecule has 0 spiro atoms. The summed E-state index contributed by atoms with van der Waals surface area (Å²) in [7, 11) is 0. The number of rotatable bonds is 3. The number of ether oxygens (including phenoxy) is 1. The van der Waals surface area contributed by atoms with Crippen LogP contribution in [0.1, 0.15) is 32.6 Å². The van der Waals surface area contributed by atoms with Crippen LogP contribution < -0.4 is 16.2 Å². The van der Waals surface area contributed by atoms with Crippen molar-refractivity contribution in [3.8, 4) is 5.88 Å². The highest BCUT2D eigenvalue weighted by Crippen LogP contribution is 2.35. The van der Waals surface area contributed by atoms with Crippen molar-refractivity contribution in [3.63, 3.8) is 0 Å². The summed E-state index contributed by atoms with van der Waals surface area (Å²) >= 11 is 0. The summed E-state index contributed by atoms with van der Waals surface area (Å²) in [5.74, 6) is -0.778. The van der Waals surface area contributed by atoms with Gasteiger partial charge in [-0.15, -0.1) is 0 Å². The quantitative estimate of drug-likeness (QED) is 0.667. The number of pyridine rings is 1. The van der Waals surface area contributed by atoms with Crippen molar-refractivity contribution in [1.29, 1.82) is 0 Å². The molecule has 2 atom stereocenters. The number of aromatic nitrogens is 1. The lowest BCUT2D eigenvalue weighted by molar-refractivity contribution is -0.143. The Morgan fingerprint density at radius 2 is 2.00 bits per heavy atom. The molecule has 0 radical (unpaired) electrons. The standard InChI is InChI=1S/C22H23N3O4/c1-2-29-18(26)11-25-21(27)12-7-9-16-20-17(10-8-13(19(12)20)22(25)28)24-15-6-4-3-5-14(15)23-16/h7-10,14-15,23,28H,2-6,11H2,1H3. The van der Waals surface area contributed by atoms with Gasteiger partial charge in [-0.2, -0.15) is 0 Å². The Morgan fingerprint density at radius 1 is 1.21 bits per heavy atom. The molecular weight excluding hydrogens is 370 g/mol. The van der Waals surface area contributed by atoms with Crippen molar-refractivity contribution in [2.75, 3.05) is 11.9 Å². The molecule has 0 bridgehead atoms. The third kappa shape index (κ3) is 2.75. The molecule has 2 heterocycles. The first-order valence-electron chi connectivity index (χ1n) is 10.2. The van der Waals surface area contributed by atoms with E-state index >= 15 is 0 Å². The SMILES string of the molecule is CCOC(=O)Cn1c(O)c2ccc3c4c(ccc(c1=O)c24)NC1CCCCC1N=3. The normalized spacial score (nSPS) is 20.6. The Hall–Kier alpha value is -3.09. The van der Waals surface area contributed by atoms with Crippen molar-refractivity contribution in [2.24, 2.45) is 4.99 Å². The van der Waals surface area contributed by atoms with Crippen LogP contribution in [0.25, 0.3) is 21.5 Å². The number of fused-ring (bicyclic) bond motifs is 1. The molecule has 7 nitrogen and oxygen atoms in total. The number of nitrogens with zero attached hydrogens (tertiary/aromatic N) is 2. The van der Waals surface area contributed by atoms with E-state index in [2.05, 4.69) is 5.32 Å². The van der Waals surface area contributed by atoms with Crippen LogP contribution in [-0.2, 0) is 16.1 Å². The minimum absolute atomic E-state index is 0.213. The first kappa shape index (κ1) is 18.0. The van der Waals surface area contributed by atoms with Gasteiger partial charge in [0.15, 0.2) is 0 Å². The Kier molecular flexibility index (Phi) is 4.19. The van der Waals surface area contributed by atoms with Crippen LogP contribution in [0.5, 0.6) is 5.88 Å². The smallest absolute Gasteiger partial charge is 0.326 e. The van der Waals surface area contributed by atoms with Crippen LogP contribution in [-0.4, -0.2) is 34.3 Å². The zero-order chi connectivity index (χ0) is 20.1. The van der Waals surface area contributed by atoms with E-state index in [0.717, 1.165) is 33.8 Å². The van der Waals surface area contributed by atoms with E-state index in [-0.39, 0.29) is 31.1 Å². The van der Waals surface area contributed by atoms with E-state index < -0.39 is 11.5 Å². The van der Waals surface area contributed by atoms with Crippen molar-refractivity contribution in [3.05, 3.63) is 40.0 Å². The predicted octanol–water partition coefficient (Wildman–Crippen LogP) is 2.50. The largest absolute Gasteiger partial charge is 0.494 e. The maximum Gasteiger partial charge on any atom is 0.326 e. The van der Waals surface area contributed by atoms with Gasteiger partial charge >= 0.3 is 5.97 Å².